The zero-order valence-corrected chi connectivity index (χ0v) is 15.5. The van der Waals surface area contributed by atoms with Crippen LogP contribution in [0.1, 0.15) is 6.92 Å². The van der Waals surface area contributed by atoms with Gasteiger partial charge in [0.1, 0.15) is 26.5 Å². The van der Waals surface area contributed by atoms with Crippen molar-refractivity contribution < 1.29 is 0 Å². The third kappa shape index (κ3) is 4.60. The molecule has 0 saturated heterocycles. The van der Waals surface area contributed by atoms with E-state index in [0.29, 0.717) is 0 Å². The van der Waals surface area contributed by atoms with Crippen molar-refractivity contribution in [1.29, 1.82) is 0 Å². The van der Waals surface area contributed by atoms with Crippen LogP contribution in [0.4, 0.5) is 0 Å². The van der Waals surface area contributed by atoms with Crippen LogP contribution in [0.5, 0.6) is 0 Å². The minimum absolute atomic E-state index is 0.165. The van der Waals surface area contributed by atoms with E-state index in [9.17, 15) is 0 Å². The van der Waals surface area contributed by atoms with Crippen molar-refractivity contribution in [2.24, 2.45) is 0 Å². The van der Waals surface area contributed by atoms with Crippen LogP contribution in [0.3, 0.4) is 0 Å². The highest BCUT2D eigenvalue weighted by atomic mass is 33.1. The van der Waals surface area contributed by atoms with Gasteiger partial charge in [0.2, 0.25) is 0 Å². The van der Waals surface area contributed by atoms with Crippen molar-refractivity contribution in [3.8, 4) is 0 Å². The molecule has 3 heteroatoms. The van der Waals surface area contributed by atoms with E-state index in [-0.39, 0.29) is 9.93 Å². The number of benzene rings is 3. The summed E-state index contributed by atoms with van der Waals surface area (Å²) < 4.78 is 0. The Balaban J connectivity index is 1.86. The van der Waals surface area contributed by atoms with E-state index in [1.807, 2.05) is 22.6 Å². The quantitative estimate of drug-likeness (QED) is 0.363. The fraction of sp³-hybridized carbons (Fsp3) is 0.100. The minimum atomic E-state index is 0.165. The molecule has 0 spiro atoms. The largest absolute Gasteiger partial charge is 0.182 e. The summed E-state index contributed by atoms with van der Waals surface area (Å²) in [6.07, 6.45) is 0. The molecule has 1 unspecified atom stereocenters. The third-order valence-electron chi connectivity index (χ3n) is 3.27. The lowest BCUT2D eigenvalue weighted by atomic mass is 10.4. The summed E-state index contributed by atoms with van der Waals surface area (Å²) in [5.74, 6) is 1.14. The fourth-order valence-electron chi connectivity index (χ4n) is 2.19. The first-order valence-electron chi connectivity index (χ1n) is 7.63. The van der Waals surface area contributed by atoms with Gasteiger partial charge in [-0.05, 0) is 43.3 Å². The molecule has 0 saturated carbocycles. The van der Waals surface area contributed by atoms with E-state index in [1.165, 1.54) is 19.6 Å². The minimum Gasteiger partial charge on any atom is -0.0848 e. The Kier molecular flexibility index (Phi) is 6.14. The van der Waals surface area contributed by atoms with Gasteiger partial charge in [-0.15, -0.1) is 0 Å². The topological polar surface area (TPSA) is 0 Å². The van der Waals surface area contributed by atoms with Crippen LogP contribution in [-0.2, 0) is 9.93 Å². The van der Waals surface area contributed by atoms with Gasteiger partial charge in [-0.2, -0.15) is 0 Å². The Bertz CT molecular complexity index is 726. The van der Waals surface area contributed by atoms with E-state index in [0.717, 1.165) is 5.75 Å². The van der Waals surface area contributed by atoms with Crippen molar-refractivity contribution in [3.63, 3.8) is 0 Å². The van der Waals surface area contributed by atoms with E-state index >= 15 is 0 Å². The molecule has 116 valence electrons. The maximum absolute atomic E-state index is 2.29. The molecule has 0 N–H and O–H groups in total. The zero-order valence-electron chi connectivity index (χ0n) is 13.0. The smallest absolute Gasteiger partial charge is 0.0848 e. The van der Waals surface area contributed by atoms with Gasteiger partial charge in [0.05, 0.1) is 9.79 Å². The Hall–Kier alpha value is -1.29. The van der Waals surface area contributed by atoms with Crippen LogP contribution in [-0.4, -0.2) is 5.75 Å². The first-order valence-corrected chi connectivity index (χ1v) is 11.2. The lowest BCUT2D eigenvalue weighted by Crippen LogP contribution is -2.02. The van der Waals surface area contributed by atoms with Crippen molar-refractivity contribution in [2.45, 2.75) is 26.5 Å². The molecule has 3 aromatic carbocycles. The first-order chi connectivity index (χ1) is 11.4. The monoisotopic (exact) mass is 355 g/mol. The first kappa shape index (κ1) is 16.6. The lowest BCUT2D eigenvalue weighted by molar-refractivity contribution is 1.23. The average molecular weight is 356 g/mol. The van der Waals surface area contributed by atoms with Crippen LogP contribution in [0, 0.1) is 0 Å². The summed E-state index contributed by atoms with van der Waals surface area (Å²) in [5, 5.41) is 0. The summed E-state index contributed by atoms with van der Waals surface area (Å²) in [4.78, 5) is 5.46. The normalized spacial score (nSPS) is 12.0. The fourth-order valence-corrected chi connectivity index (χ4v) is 7.27. The molecule has 0 bridgehead atoms. The molecule has 0 aliphatic carbocycles. The molecule has 3 rings (SSSR count). The predicted molar refractivity (Wildman–Crippen MR) is 105 cm³/mol. The summed E-state index contributed by atoms with van der Waals surface area (Å²) >= 11 is 1.86. The molecule has 0 radical (unpaired) electrons. The van der Waals surface area contributed by atoms with Gasteiger partial charge < -0.3 is 0 Å². The molecule has 0 nitrogen and oxygen atoms in total. The van der Waals surface area contributed by atoms with Gasteiger partial charge in [0.25, 0.3) is 0 Å². The molecule has 0 aromatic heterocycles. The van der Waals surface area contributed by atoms with E-state index in [1.54, 1.807) is 0 Å². The molecule has 1 atom stereocenters. The highest BCUT2D eigenvalue weighted by Crippen LogP contribution is 2.39. The summed E-state index contributed by atoms with van der Waals surface area (Å²) in [6.45, 7) is 2.28. The Morgan fingerprint density at radius 3 is 1.91 bits per heavy atom. The highest BCUT2D eigenvalue weighted by molar-refractivity contribution is 8.74. The lowest BCUT2D eigenvalue weighted by Gasteiger charge is -2.09. The maximum Gasteiger partial charge on any atom is 0.182 e. The van der Waals surface area contributed by atoms with Crippen LogP contribution < -0.4 is 0 Å². The number of rotatable bonds is 6. The van der Waals surface area contributed by atoms with Crippen molar-refractivity contribution in [1.82, 2.24) is 0 Å². The molecule has 0 aliphatic rings. The van der Waals surface area contributed by atoms with Crippen molar-refractivity contribution >= 4 is 32.5 Å². The third-order valence-corrected chi connectivity index (χ3v) is 8.94. The van der Waals surface area contributed by atoms with Crippen LogP contribution in [0.15, 0.2) is 105 Å². The van der Waals surface area contributed by atoms with Crippen LogP contribution in [0.25, 0.3) is 0 Å². The number of hydrogen-bond donors (Lipinski definition) is 0. The van der Waals surface area contributed by atoms with Gasteiger partial charge >= 0.3 is 0 Å². The summed E-state index contributed by atoms with van der Waals surface area (Å²) in [5.41, 5.74) is 0. The van der Waals surface area contributed by atoms with E-state index in [2.05, 4.69) is 91.9 Å². The zero-order chi connectivity index (χ0) is 15.9. The number of hydrogen-bond acceptors (Lipinski definition) is 2. The standard InChI is InChI=1S/C20H19S3/c1-2-23(22-18-13-7-4-8-14-18)20-16-10-9-15-19(20)21-17-11-5-3-6-12-17/h3-16H,2H2,1H3/q+1. The average Bonchev–Trinajstić information content (AvgIpc) is 2.62. The maximum atomic E-state index is 2.29. The second-order valence-corrected chi connectivity index (χ2v) is 10.1. The van der Waals surface area contributed by atoms with Crippen molar-refractivity contribution in [3.05, 3.63) is 84.9 Å². The van der Waals surface area contributed by atoms with E-state index < -0.39 is 0 Å². The molecule has 0 amide bonds. The van der Waals surface area contributed by atoms with Gasteiger partial charge in [-0.25, -0.2) is 0 Å². The SMILES string of the molecule is CC[S+](Sc1ccccc1)c1ccccc1Sc1ccccc1. The van der Waals surface area contributed by atoms with E-state index in [4.69, 9.17) is 0 Å². The van der Waals surface area contributed by atoms with Gasteiger partial charge in [-0.1, -0.05) is 60.3 Å². The molecular formula is C20H19S3+. The molecule has 0 aliphatic heterocycles. The second-order valence-electron chi connectivity index (χ2n) is 4.89. The highest BCUT2D eigenvalue weighted by Gasteiger charge is 2.26. The summed E-state index contributed by atoms with van der Waals surface area (Å²) in [6, 6.07) is 30.2. The Labute approximate surface area is 149 Å². The van der Waals surface area contributed by atoms with Crippen molar-refractivity contribution in [2.75, 3.05) is 5.75 Å². The van der Waals surface area contributed by atoms with Crippen LogP contribution in [0.2, 0.25) is 0 Å². The molecular weight excluding hydrogens is 336 g/mol. The molecule has 0 fully saturated rings. The second kappa shape index (κ2) is 8.53. The molecule has 23 heavy (non-hydrogen) atoms. The molecule has 0 heterocycles. The van der Waals surface area contributed by atoms with Crippen LogP contribution >= 0.6 is 22.6 Å². The predicted octanol–water partition coefficient (Wildman–Crippen LogP) is 6.54. The summed E-state index contributed by atoms with van der Waals surface area (Å²) in [7, 11) is 2.15. The van der Waals surface area contributed by atoms with Gasteiger partial charge in [0.15, 0.2) is 4.90 Å². The Morgan fingerprint density at radius 2 is 1.26 bits per heavy atom. The Morgan fingerprint density at radius 1 is 0.696 bits per heavy atom. The molecule has 3 aromatic rings. The van der Waals surface area contributed by atoms with Gasteiger partial charge in [-0.3, -0.25) is 0 Å². The van der Waals surface area contributed by atoms with Gasteiger partial charge in [0, 0.05) is 4.90 Å².